The van der Waals surface area contributed by atoms with Crippen molar-refractivity contribution in [2.24, 2.45) is 11.7 Å². The third-order valence-corrected chi connectivity index (χ3v) is 4.67. The van der Waals surface area contributed by atoms with Gasteiger partial charge in [0.05, 0.1) is 12.8 Å². The maximum atomic E-state index is 14.1. The first kappa shape index (κ1) is 17.4. The number of ether oxygens (including phenoxy) is 1. The molecule has 0 saturated heterocycles. The summed E-state index contributed by atoms with van der Waals surface area (Å²) in [5.41, 5.74) is 8.55. The average Bonchev–Trinajstić information content (AvgIpc) is 2.62. The zero-order chi connectivity index (χ0) is 18.0. The number of methoxy groups -OCH3 is 1. The Labute approximate surface area is 147 Å². The van der Waals surface area contributed by atoms with Crippen LogP contribution in [0.15, 0.2) is 48.5 Å². The van der Waals surface area contributed by atoms with Gasteiger partial charge in [0.2, 0.25) is 5.88 Å². The van der Waals surface area contributed by atoms with E-state index in [-0.39, 0.29) is 11.7 Å². The fraction of sp³-hybridized carbons (Fsp3) is 0.286. The number of halogens is 1. The van der Waals surface area contributed by atoms with Crippen molar-refractivity contribution in [1.29, 1.82) is 0 Å². The number of hydrogen-bond donors (Lipinski definition) is 1. The number of benzene rings is 2. The first-order valence-corrected chi connectivity index (χ1v) is 8.48. The summed E-state index contributed by atoms with van der Waals surface area (Å²) in [4.78, 5) is 4.65. The third kappa shape index (κ3) is 3.35. The van der Waals surface area contributed by atoms with Gasteiger partial charge in [0.15, 0.2) is 0 Å². The van der Waals surface area contributed by atoms with Crippen LogP contribution in [0.3, 0.4) is 0 Å². The molecule has 0 fully saturated rings. The van der Waals surface area contributed by atoms with Crippen LogP contribution < -0.4 is 10.5 Å². The van der Waals surface area contributed by atoms with Crippen LogP contribution in [0.5, 0.6) is 5.88 Å². The Morgan fingerprint density at radius 3 is 2.60 bits per heavy atom. The fourth-order valence-electron chi connectivity index (χ4n) is 3.21. The molecule has 3 rings (SSSR count). The van der Waals surface area contributed by atoms with E-state index in [1.165, 1.54) is 6.07 Å². The van der Waals surface area contributed by atoms with Crippen LogP contribution in [0.4, 0.5) is 4.39 Å². The largest absolute Gasteiger partial charge is 0.481 e. The summed E-state index contributed by atoms with van der Waals surface area (Å²) >= 11 is 0. The van der Waals surface area contributed by atoms with Crippen LogP contribution in [0.2, 0.25) is 0 Å². The Balaban J connectivity index is 2.08. The molecule has 0 bridgehead atoms. The molecule has 2 N–H and O–H groups in total. The van der Waals surface area contributed by atoms with Gasteiger partial charge in [0.25, 0.3) is 0 Å². The van der Waals surface area contributed by atoms with E-state index in [4.69, 9.17) is 10.5 Å². The van der Waals surface area contributed by atoms with Gasteiger partial charge in [-0.2, -0.15) is 0 Å². The van der Waals surface area contributed by atoms with Crippen LogP contribution in [0.1, 0.15) is 25.3 Å². The van der Waals surface area contributed by atoms with E-state index in [1.807, 2.05) is 36.4 Å². The van der Waals surface area contributed by atoms with E-state index in [0.29, 0.717) is 23.7 Å². The summed E-state index contributed by atoms with van der Waals surface area (Å²) in [7, 11) is 1.61. The highest BCUT2D eigenvalue weighted by molar-refractivity contribution is 5.87. The first-order valence-electron chi connectivity index (χ1n) is 8.48. The summed E-state index contributed by atoms with van der Waals surface area (Å²) in [5.74, 6) is 0.924. The van der Waals surface area contributed by atoms with Gasteiger partial charge >= 0.3 is 0 Å². The van der Waals surface area contributed by atoms with Gasteiger partial charge in [-0.15, -0.1) is 0 Å². The highest BCUT2D eigenvalue weighted by Gasteiger charge is 2.20. The Morgan fingerprint density at radius 1 is 1.12 bits per heavy atom. The number of fused-ring (bicyclic) bond motifs is 1. The minimum atomic E-state index is -0.231. The van der Waals surface area contributed by atoms with Crippen molar-refractivity contribution < 1.29 is 9.13 Å². The number of nitrogens with zero attached hydrogens (tertiary/aromatic N) is 1. The summed E-state index contributed by atoms with van der Waals surface area (Å²) in [6.07, 6.45) is 0. The standard InChI is InChI=1S/C21H23FN2O/c1-13(2)18(12-23)16-9-10-20(24-21(16)25-3)15-8-7-14-5-4-6-19(22)17(14)11-15/h4-11,13,18H,12,23H2,1-3H3. The molecule has 0 aliphatic heterocycles. The number of aromatic nitrogens is 1. The second-order valence-electron chi connectivity index (χ2n) is 6.56. The zero-order valence-electron chi connectivity index (χ0n) is 14.8. The third-order valence-electron chi connectivity index (χ3n) is 4.67. The molecular formula is C21H23FN2O. The molecule has 130 valence electrons. The molecule has 0 aliphatic rings. The van der Waals surface area contributed by atoms with Crippen LogP contribution in [0, 0.1) is 11.7 Å². The van der Waals surface area contributed by atoms with Crippen molar-refractivity contribution >= 4 is 10.8 Å². The molecule has 2 aromatic carbocycles. The normalized spacial score (nSPS) is 12.6. The molecule has 3 nitrogen and oxygen atoms in total. The van der Waals surface area contributed by atoms with Gasteiger partial charge in [0, 0.05) is 22.4 Å². The van der Waals surface area contributed by atoms with Crippen molar-refractivity contribution in [2.75, 3.05) is 13.7 Å². The molecule has 3 aromatic rings. The van der Waals surface area contributed by atoms with Gasteiger partial charge in [0.1, 0.15) is 5.82 Å². The SMILES string of the molecule is COc1nc(-c2ccc3cccc(F)c3c2)ccc1C(CN)C(C)C. The van der Waals surface area contributed by atoms with Gasteiger partial charge < -0.3 is 10.5 Å². The van der Waals surface area contributed by atoms with E-state index < -0.39 is 0 Å². The minimum absolute atomic E-state index is 0.186. The fourth-order valence-corrected chi connectivity index (χ4v) is 3.21. The summed E-state index contributed by atoms with van der Waals surface area (Å²) in [5, 5.41) is 1.46. The van der Waals surface area contributed by atoms with E-state index in [9.17, 15) is 4.39 Å². The van der Waals surface area contributed by atoms with Crippen molar-refractivity contribution in [3.05, 3.63) is 59.9 Å². The molecule has 0 spiro atoms. The maximum Gasteiger partial charge on any atom is 0.217 e. The quantitative estimate of drug-likeness (QED) is 0.730. The van der Waals surface area contributed by atoms with Gasteiger partial charge in [-0.1, -0.05) is 44.2 Å². The van der Waals surface area contributed by atoms with E-state index in [0.717, 1.165) is 22.2 Å². The molecule has 0 saturated carbocycles. The highest BCUT2D eigenvalue weighted by Crippen LogP contribution is 2.33. The van der Waals surface area contributed by atoms with Crippen LogP contribution in [-0.2, 0) is 0 Å². The van der Waals surface area contributed by atoms with E-state index >= 15 is 0 Å². The van der Waals surface area contributed by atoms with Crippen molar-refractivity contribution in [3.8, 4) is 17.1 Å². The van der Waals surface area contributed by atoms with Gasteiger partial charge in [-0.05, 0) is 36.0 Å². The highest BCUT2D eigenvalue weighted by atomic mass is 19.1. The minimum Gasteiger partial charge on any atom is -0.481 e. The maximum absolute atomic E-state index is 14.1. The number of pyridine rings is 1. The number of hydrogen-bond acceptors (Lipinski definition) is 3. The lowest BCUT2D eigenvalue weighted by atomic mass is 9.89. The summed E-state index contributed by atoms with van der Waals surface area (Å²) < 4.78 is 19.6. The molecule has 0 radical (unpaired) electrons. The molecule has 0 aliphatic carbocycles. The van der Waals surface area contributed by atoms with Crippen LogP contribution in [0.25, 0.3) is 22.0 Å². The lowest BCUT2D eigenvalue weighted by Crippen LogP contribution is -2.19. The Kier molecular flexibility index (Phi) is 5.00. The molecule has 1 unspecified atom stereocenters. The Morgan fingerprint density at radius 2 is 1.92 bits per heavy atom. The summed E-state index contributed by atoms with van der Waals surface area (Å²) in [6, 6.07) is 14.7. The van der Waals surface area contributed by atoms with Crippen molar-refractivity contribution in [3.63, 3.8) is 0 Å². The Bertz CT molecular complexity index is 892. The Hall–Kier alpha value is -2.46. The molecule has 1 aromatic heterocycles. The first-order chi connectivity index (χ1) is 12.0. The van der Waals surface area contributed by atoms with Crippen LogP contribution >= 0.6 is 0 Å². The number of rotatable bonds is 5. The smallest absolute Gasteiger partial charge is 0.217 e. The second-order valence-corrected chi connectivity index (χ2v) is 6.56. The molecule has 1 atom stereocenters. The van der Waals surface area contributed by atoms with E-state index in [1.54, 1.807) is 13.2 Å². The topological polar surface area (TPSA) is 48.1 Å². The molecule has 0 amide bonds. The molecule has 1 heterocycles. The lowest BCUT2D eigenvalue weighted by Gasteiger charge is -2.21. The monoisotopic (exact) mass is 338 g/mol. The molecule has 4 heteroatoms. The van der Waals surface area contributed by atoms with Crippen molar-refractivity contribution in [2.45, 2.75) is 19.8 Å². The molecule has 25 heavy (non-hydrogen) atoms. The number of nitrogens with two attached hydrogens (primary N) is 1. The summed E-state index contributed by atoms with van der Waals surface area (Å²) in [6.45, 7) is 4.81. The van der Waals surface area contributed by atoms with Gasteiger partial charge in [-0.3, -0.25) is 0 Å². The van der Waals surface area contributed by atoms with Crippen LogP contribution in [-0.4, -0.2) is 18.6 Å². The van der Waals surface area contributed by atoms with E-state index in [2.05, 4.69) is 18.8 Å². The predicted octanol–water partition coefficient (Wildman–Crippen LogP) is 4.75. The second kappa shape index (κ2) is 7.19. The average molecular weight is 338 g/mol. The zero-order valence-corrected chi connectivity index (χ0v) is 14.8. The predicted molar refractivity (Wildman–Crippen MR) is 100 cm³/mol. The van der Waals surface area contributed by atoms with Crippen molar-refractivity contribution in [1.82, 2.24) is 4.98 Å². The lowest BCUT2D eigenvalue weighted by molar-refractivity contribution is 0.380. The molecular weight excluding hydrogens is 315 g/mol. The van der Waals surface area contributed by atoms with Gasteiger partial charge in [-0.25, -0.2) is 9.37 Å².